The zero-order valence-electron chi connectivity index (χ0n) is 11.9. The van der Waals surface area contributed by atoms with E-state index in [1.807, 2.05) is 6.07 Å². The topological polar surface area (TPSA) is 49.4 Å². The summed E-state index contributed by atoms with van der Waals surface area (Å²) in [5.41, 5.74) is 1.62. The molecule has 1 aliphatic rings. The smallest absolute Gasteiger partial charge is 0.244 e. The molecule has 112 valence electrons. The minimum atomic E-state index is -0.474. The monoisotopic (exact) mass is 298 g/mol. The number of fused-ring (bicyclic) bond motifs is 1. The van der Waals surface area contributed by atoms with Gasteiger partial charge in [0.05, 0.1) is 5.69 Å². The molecule has 0 fully saturated rings. The Hall–Kier alpha value is -2.69. The van der Waals surface area contributed by atoms with Crippen LogP contribution in [0.4, 0.5) is 15.8 Å². The molecule has 1 N–H and O–H groups in total. The van der Waals surface area contributed by atoms with E-state index < -0.39 is 5.82 Å². The summed E-state index contributed by atoms with van der Waals surface area (Å²) in [6.07, 6.45) is 0.789. The first kappa shape index (κ1) is 14.3. The average molecular weight is 298 g/mol. The lowest BCUT2D eigenvalue weighted by atomic mass is 10.0. The van der Waals surface area contributed by atoms with E-state index in [2.05, 4.69) is 5.32 Å². The Morgan fingerprint density at radius 1 is 1.09 bits per heavy atom. The highest BCUT2D eigenvalue weighted by atomic mass is 19.1. The van der Waals surface area contributed by atoms with Crippen LogP contribution in [0.25, 0.3) is 0 Å². The van der Waals surface area contributed by atoms with Gasteiger partial charge in [-0.25, -0.2) is 4.39 Å². The Labute approximate surface area is 127 Å². The molecule has 1 heterocycles. The largest absolute Gasteiger partial charge is 0.325 e. The van der Waals surface area contributed by atoms with Crippen LogP contribution in [-0.4, -0.2) is 18.4 Å². The molecule has 2 aromatic carbocycles. The summed E-state index contributed by atoms with van der Waals surface area (Å²) in [5, 5.41) is 2.70. The molecule has 0 saturated heterocycles. The summed E-state index contributed by atoms with van der Waals surface area (Å²) in [6, 6.07) is 13.7. The van der Waals surface area contributed by atoms with Gasteiger partial charge in [0.1, 0.15) is 12.4 Å². The van der Waals surface area contributed by atoms with Crippen LogP contribution in [0, 0.1) is 5.82 Å². The third-order valence-corrected chi connectivity index (χ3v) is 3.61. The Kier molecular flexibility index (Phi) is 3.87. The summed E-state index contributed by atoms with van der Waals surface area (Å²) in [4.78, 5) is 25.4. The number of rotatable bonds is 3. The maximum absolute atomic E-state index is 14.0. The van der Waals surface area contributed by atoms with Crippen molar-refractivity contribution in [2.24, 2.45) is 0 Å². The van der Waals surface area contributed by atoms with Crippen molar-refractivity contribution in [2.75, 3.05) is 16.8 Å². The van der Waals surface area contributed by atoms with E-state index in [0.717, 1.165) is 5.56 Å². The van der Waals surface area contributed by atoms with Crippen molar-refractivity contribution in [1.82, 2.24) is 0 Å². The highest BCUT2D eigenvalue weighted by Gasteiger charge is 2.28. The molecule has 5 heteroatoms. The summed E-state index contributed by atoms with van der Waals surface area (Å²) in [5.74, 6) is -1.06. The van der Waals surface area contributed by atoms with Crippen molar-refractivity contribution < 1.29 is 14.0 Å². The van der Waals surface area contributed by atoms with Crippen LogP contribution < -0.4 is 10.2 Å². The van der Waals surface area contributed by atoms with Gasteiger partial charge in [-0.2, -0.15) is 0 Å². The van der Waals surface area contributed by atoms with Crippen LogP contribution >= 0.6 is 0 Å². The molecule has 3 rings (SSSR count). The van der Waals surface area contributed by atoms with E-state index in [9.17, 15) is 14.0 Å². The fraction of sp³-hybridized carbons (Fsp3) is 0.176. The van der Waals surface area contributed by atoms with E-state index in [1.165, 1.54) is 11.0 Å². The van der Waals surface area contributed by atoms with Crippen molar-refractivity contribution in [3.8, 4) is 0 Å². The quantitative estimate of drug-likeness (QED) is 0.947. The number of hydrogen-bond donors (Lipinski definition) is 1. The van der Waals surface area contributed by atoms with Crippen molar-refractivity contribution in [2.45, 2.75) is 12.8 Å². The number of anilines is 2. The van der Waals surface area contributed by atoms with Crippen LogP contribution in [-0.2, 0) is 16.0 Å². The molecular weight excluding hydrogens is 283 g/mol. The van der Waals surface area contributed by atoms with E-state index in [4.69, 9.17) is 0 Å². The van der Waals surface area contributed by atoms with E-state index in [1.54, 1.807) is 36.4 Å². The van der Waals surface area contributed by atoms with Gasteiger partial charge in [0.15, 0.2) is 0 Å². The number of halogens is 1. The Bertz CT molecular complexity index is 716. The van der Waals surface area contributed by atoms with Gasteiger partial charge in [-0.3, -0.25) is 14.5 Å². The first-order valence-corrected chi connectivity index (χ1v) is 7.08. The molecule has 0 spiro atoms. The second-order valence-corrected chi connectivity index (χ2v) is 5.14. The molecule has 2 aromatic rings. The number of benzene rings is 2. The van der Waals surface area contributed by atoms with Gasteiger partial charge in [-0.15, -0.1) is 0 Å². The highest BCUT2D eigenvalue weighted by molar-refractivity contribution is 6.04. The number of nitrogens with zero attached hydrogens (tertiary/aromatic N) is 1. The molecule has 0 radical (unpaired) electrons. The second-order valence-electron chi connectivity index (χ2n) is 5.14. The van der Waals surface area contributed by atoms with Crippen molar-refractivity contribution in [3.63, 3.8) is 0 Å². The predicted octanol–water partition coefficient (Wildman–Crippen LogP) is 2.74. The van der Waals surface area contributed by atoms with Gasteiger partial charge in [0.2, 0.25) is 11.8 Å². The van der Waals surface area contributed by atoms with Crippen LogP contribution in [0.15, 0.2) is 48.5 Å². The normalized spacial score (nSPS) is 13.7. The number of amides is 2. The minimum Gasteiger partial charge on any atom is -0.325 e. The summed E-state index contributed by atoms with van der Waals surface area (Å²) in [6.45, 7) is -0.193. The summed E-state index contributed by atoms with van der Waals surface area (Å²) >= 11 is 0. The highest BCUT2D eigenvalue weighted by Crippen LogP contribution is 2.30. The molecule has 0 aromatic heterocycles. The van der Waals surface area contributed by atoms with Gasteiger partial charge < -0.3 is 5.32 Å². The molecule has 0 bridgehead atoms. The Morgan fingerprint density at radius 3 is 2.64 bits per heavy atom. The van der Waals surface area contributed by atoms with Gasteiger partial charge in [-0.1, -0.05) is 30.3 Å². The fourth-order valence-electron chi connectivity index (χ4n) is 2.60. The van der Waals surface area contributed by atoms with Crippen LogP contribution in [0.1, 0.15) is 12.0 Å². The van der Waals surface area contributed by atoms with Gasteiger partial charge in [0.25, 0.3) is 0 Å². The van der Waals surface area contributed by atoms with Gasteiger partial charge >= 0.3 is 0 Å². The molecule has 22 heavy (non-hydrogen) atoms. The first-order chi connectivity index (χ1) is 10.6. The third kappa shape index (κ3) is 2.83. The summed E-state index contributed by atoms with van der Waals surface area (Å²) < 4.78 is 14.0. The number of para-hydroxylation sites is 2. The molecule has 0 atom stereocenters. The third-order valence-electron chi connectivity index (χ3n) is 3.61. The average Bonchev–Trinajstić information content (AvgIpc) is 2.51. The number of carbonyl (C=O) groups excluding carboxylic acids is 2. The van der Waals surface area contributed by atoms with Gasteiger partial charge in [0, 0.05) is 12.1 Å². The Morgan fingerprint density at radius 2 is 1.86 bits per heavy atom. The molecule has 0 aliphatic carbocycles. The molecule has 0 saturated carbocycles. The standard InChI is InChI=1S/C17H15FN2O2/c18-14-8-4-5-12-9-10-16(22)20(17(12)14)11-15(21)19-13-6-2-1-3-7-13/h1-8H,9-11H2,(H,19,21). The maximum atomic E-state index is 14.0. The predicted molar refractivity (Wildman–Crippen MR) is 82.1 cm³/mol. The zero-order chi connectivity index (χ0) is 15.5. The maximum Gasteiger partial charge on any atom is 0.244 e. The molecule has 2 amide bonds. The number of aryl methyl sites for hydroxylation is 1. The number of carbonyl (C=O) groups is 2. The van der Waals surface area contributed by atoms with Crippen LogP contribution in [0.5, 0.6) is 0 Å². The van der Waals surface area contributed by atoms with Crippen molar-refractivity contribution >= 4 is 23.2 Å². The Balaban J connectivity index is 1.80. The lowest BCUT2D eigenvalue weighted by Crippen LogP contribution is -2.41. The summed E-state index contributed by atoms with van der Waals surface area (Å²) in [7, 11) is 0. The van der Waals surface area contributed by atoms with Gasteiger partial charge in [-0.05, 0) is 30.2 Å². The van der Waals surface area contributed by atoms with Crippen molar-refractivity contribution in [1.29, 1.82) is 0 Å². The van der Waals surface area contributed by atoms with Crippen LogP contribution in [0.2, 0.25) is 0 Å². The lowest BCUT2D eigenvalue weighted by molar-refractivity contribution is -0.121. The first-order valence-electron chi connectivity index (χ1n) is 7.08. The lowest BCUT2D eigenvalue weighted by Gasteiger charge is -2.29. The van der Waals surface area contributed by atoms with E-state index in [-0.39, 0.29) is 30.5 Å². The number of hydrogen-bond acceptors (Lipinski definition) is 2. The van der Waals surface area contributed by atoms with E-state index >= 15 is 0 Å². The molecule has 1 aliphatic heterocycles. The van der Waals surface area contributed by atoms with Crippen LogP contribution in [0.3, 0.4) is 0 Å². The molecule has 0 unspecified atom stereocenters. The zero-order valence-corrected chi connectivity index (χ0v) is 11.9. The minimum absolute atomic E-state index is 0.193. The van der Waals surface area contributed by atoms with Crippen molar-refractivity contribution in [3.05, 3.63) is 59.9 Å². The van der Waals surface area contributed by atoms with E-state index in [0.29, 0.717) is 12.1 Å². The number of nitrogens with one attached hydrogen (secondary N) is 1. The molecule has 4 nitrogen and oxygen atoms in total. The fourth-order valence-corrected chi connectivity index (χ4v) is 2.60. The second kappa shape index (κ2) is 5.97. The SMILES string of the molecule is O=C(CN1C(=O)CCc2cccc(F)c21)Nc1ccccc1. The molecular formula is C17H15FN2O2.